The SMILES string of the molecule is CCCCC/C=C\C/C=C\CCCCCCCCOCC(C)C(O)OCCCCCCCC/C=C\C/C=C\CCCCC. The number of hydrogen-bond acceptors (Lipinski definition) is 3. The van der Waals surface area contributed by atoms with Crippen LogP contribution in [0.5, 0.6) is 0 Å². The van der Waals surface area contributed by atoms with Gasteiger partial charge in [0, 0.05) is 19.1 Å². The molecule has 1 N–H and O–H groups in total. The van der Waals surface area contributed by atoms with Crippen LogP contribution in [0, 0.1) is 5.92 Å². The molecule has 0 aromatic rings. The van der Waals surface area contributed by atoms with Crippen molar-refractivity contribution in [3.8, 4) is 0 Å². The lowest BCUT2D eigenvalue weighted by Gasteiger charge is -2.19. The minimum atomic E-state index is -0.714. The Hall–Kier alpha value is -1.16. The van der Waals surface area contributed by atoms with Crippen LogP contribution in [0.4, 0.5) is 0 Å². The molecule has 0 fully saturated rings. The number of aliphatic hydroxyl groups excluding tert-OH is 1. The second kappa shape index (κ2) is 37.0. The largest absolute Gasteiger partial charge is 0.381 e. The summed E-state index contributed by atoms with van der Waals surface area (Å²) < 4.78 is 11.5. The van der Waals surface area contributed by atoms with Crippen molar-refractivity contribution in [2.24, 2.45) is 5.92 Å². The van der Waals surface area contributed by atoms with E-state index in [9.17, 15) is 5.11 Å². The second-order valence-electron chi connectivity index (χ2n) is 12.5. The fraction of sp³-hybridized carbons (Fsp3) is 0.800. The van der Waals surface area contributed by atoms with E-state index in [0.29, 0.717) is 13.2 Å². The van der Waals surface area contributed by atoms with Crippen LogP contribution in [0.15, 0.2) is 48.6 Å². The number of allylic oxidation sites excluding steroid dienone is 8. The van der Waals surface area contributed by atoms with Crippen LogP contribution in [-0.4, -0.2) is 31.2 Å². The molecule has 0 aromatic heterocycles. The van der Waals surface area contributed by atoms with Crippen molar-refractivity contribution in [1.82, 2.24) is 0 Å². The van der Waals surface area contributed by atoms with Gasteiger partial charge in [-0.15, -0.1) is 0 Å². The highest BCUT2D eigenvalue weighted by Crippen LogP contribution is 2.12. The first-order valence-electron chi connectivity index (χ1n) is 18.7. The summed E-state index contributed by atoms with van der Waals surface area (Å²) in [6.07, 6.45) is 47.9. The molecule has 2 atom stereocenters. The zero-order chi connectivity index (χ0) is 31.3. The first kappa shape index (κ1) is 41.8. The summed E-state index contributed by atoms with van der Waals surface area (Å²) in [5.41, 5.74) is 0. The standard InChI is InChI=1S/C40H74O3/c1-4-6-8-10-12-14-16-18-20-22-24-26-28-30-32-34-36-42-38-39(3)40(41)43-37-35-33-31-29-27-25-23-21-19-17-15-13-11-9-7-5-2/h12-15,18-21,39-41H,4-11,16-17,22-38H2,1-3H3/b14-12-,15-13-,20-18-,21-19-. The van der Waals surface area contributed by atoms with E-state index < -0.39 is 6.29 Å². The highest BCUT2D eigenvalue weighted by Gasteiger charge is 2.14. The van der Waals surface area contributed by atoms with Gasteiger partial charge in [-0.3, -0.25) is 0 Å². The molecule has 0 spiro atoms. The molecule has 0 saturated carbocycles. The zero-order valence-corrected chi connectivity index (χ0v) is 29.1. The van der Waals surface area contributed by atoms with E-state index in [2.05, 4.69) is 62.5 Å². The number of ether oxygens (including phenoxy) is 2. The van der Waals surface area contributed by atoms with E-state index in [1.807, 2.05) is 6.92 Å². The molecule has 0 heterocycles. The van der Waals surface area contributed by atoms with Crippen LogP contribution < -0.4 is 0 Å². The van der Waals surface area contributed by atoms with Gasteiger partial charge >= 0.3 is 0 Å². The Morgan fingerprint density at radius 1 is 0.465 bits per heavy atom. The van der Waals surface area contributed by atoms with Crippen LogP contribution in [0.2, 0.25) is 0 Å². The molecule has 252 valence electrons. The van der Waals surface area contributed by atoms with Crippen LogP contribution in [0.1, 0.15) is 175 Å². The summed E-state index contributed by atoms with van der Waals surface area (Å²) in [4.78, 5) is 0. The van der Waals surface area contributed by atoms with Gasteiger partial charge < -0.3 is 14.6 Å². The van der Waals surface area contributed by atoms with E-state index >= 15 is 0 Å². The summed E-state index contributed by atoms with van der Waals surface area (Å²) in [7, 11) is 0. The molecular formula is C40H74O3. The lowest BCUT2D eigenvalue weighted by Crippen LogP contribution is -2.26. The first-order chi connectivity index (χ1) is 21.2. The molecule has 0 aromatic carbocycles. The number of rotatable bonds is 34. The predicted molar refractivity (Wildman–Crippen MR) is 191 cm³/mol. The van der Waals surface area contributed by atoms with Crippen LogP contribution in [0.25, 0.3) is 0 Å². The molecule has 0 amide bonds. The molecule has 43 heavy (non-hydrogen) atoms. The lowest BCUT2D eigenvalue weighted by atomic mass is 10.1. The lowest BCUT2D eigenvalue weighted by molar-refractivity contribution is -0.143. The maximum atomic E-state index is 10.3. The molecular weight excluding hydrogens is 528 g/mol. The quantitative estimate of drug-likeness (QED) is 0.0452. The van der Waals surface area contributed by atoms with Crippen molar-refractivity contribution in [3.63, 3.8) is 0 Å². The van der Waals surface area contributed by atoms with Gasteiger partial charge in [0.05, 0.1) is 6.61 Å². The van der Waals surface area contributed by atoms with E-state index in [0.717, 1.165) is 32.3 Å². The predicted octanol–water partition coefficient (Wildman–Crippen LogP) is 12.6. The molecule has 0 saturated heterocycles. The van der Waals surface area contributed by atoms with Gasteiger partial charge in [0.25, 0.3) is 0 Å². The van der Waals surface area contributed by atoms with Gasteiger partial charge in [0.2, 0.25) is 0 Å². The summed E-state index contributed by atoms with van der Waals surface area (Å²) in [6.45, 7) is 8.54. The minimum absolute atomic E-state index is 0.0224. The number of hydrogen-bond donors (Lipinski definition) is 1. The van der Waals surface area contributed by atoms with E-state index in [1.54, 1.807) is 0 Å². The Kier molecular flexibility index (Phi) is 36.0. The van der Waals surface area contributed by atoms with Crippen LogP contribution in [-0.2, 0) is 9.47 Å². The average molecular weight is 603 g/mol. The molecule has 2 unspecified atom stereocenters. The third-order valence-electron chi connectivity index (χ3n) is 7.99. The Bertz CT molecular complexity index is 636. The number of unbranched alkanes of at least 4 members (excludes halogenated alkanes) is 18. The summed E-state index contributed by atoms with van der Waals surface area (Å²) in [6, 6.07) is 0. The molecule has 3 nitrogen and oxygen atoms in total. The third kappa shape index (κ3) is 35.2. The van der Waals surface area contributed by atoms with Crippen molar-refractivity contribution < 1.29 is 14.6 Å². The molecule has 3 heteroatoms. The zero-order valence-electron chi connectivity index (χ0n) is 29.1. The Morgan fingerprint density at radius 3 is 1.28 bits per heavy atom. The third-order valence-corrected chi connectivity index (χ3v) is 7.99. The van der Waals surface area contributed by atoms with Crippen molar-refractivity contribution in [3.05, 3.63) is 48.6 Å². The van der Waals surface area contributed by atoms with E-state index in [-0.39, 0.29) is 5.92 Å². The summed E-state index contributed by atoms with van der Waals surface area (Å²) in [5.74, 6) is 0.0224. The normalized spacial score (nSPS) is 13.9. The van der Waals surface area contributed by atoms with Gasteiger partial charge in [0.15, 0.2) is 6.29 Å². The number of aliphatic hydroxyl groups is 1. The Balaban J connectivity index is 3.38. The highest BCUT2D eigenvalue weighted by atomic mass is 16.6. The van der Waals surface area contributed by atoms with Crippen LogP contribution in [0.3, 0.4) is 0 Å². The van der Waals surface area contributed by atoms with Gasteiger partial charge in [-0.2, -0.15) is 0 Å². The molecule has 0 radical (unpaired) electrons. The van der Waals surface area contributed by atoms with Crippen molar-refractivity contribution in [1.29, 1.82) is 0 Å². The monoisotopic (exact) mass is 603 g/mol. The van der Waals surface area contributed by atoms with Gasteiger partial charge in [-0.25, -0.2) is 0 Å². The van der Waals surface area contributed by atoms with Gasteiger partial charge in [0.1, 0.15) is 0 Å². The topological polar surface area (TPSA) is 38.7 Å². The van der Waals surface area contributed by atoms with Gasteiger partial charge in [-0.05, 0) is 77.0 Å². The fourth-order valence-electron chi connectivity index (χ4n) is 5.00. The van der Waals surface area contributed by atoms with Crippen molar-refractivity contribution in [2.45, 2.75) is 181 Å². The maximum absolute atomic E-state index is 10.3. The summed E-state index contributed by atoms with van der Waals surface area (Å²) >= 11 is 0. The van der Waals surface area contributed by atoms with Crippen molar-refractivity contribution >= 4 is 0 Å². The van der Waals surface area contributed by atoms with Crippen molar-refractivity contribution in [2.75, 3.05) is 19.8 Å². The van der Waals surface area contributed by atoms with Gasteiger partial charge in [-0.1, -0.05) is 146 Å². The molecule has 0 aliphatic heterocycles. The average Bonchev–Trinajstić information content (AvgIpc) is 3.01. The first-order valence-corrected chi connectivity index (χ1v) is 18.7. The van der Waals surface area contributed by atoms with E-state index in [1.165, 1.54) is 128 Å². The Morgan fingerprint density at radius 2 is 0.837 bits per heavy atom. The maximum Gasteiger partial charge on any atom is 0.159 e. The molecule has 0 aliphatic rings. The van der Waals surface area contributed by atoms with E-state index in [4.69, 9.17) is 9.47 Å². The smallest absolute Gasteiger partial charge is 0.159 e. The summed E-state index contributed by atoms with van der Waals surface area (Å²) in [5, 5.41) is 10.3. The Labute approximate surface area is 269 Å². The second-order valence-corrected chi connectivity index (χ2v) is 12.5. The fourth-order valence-corrected chi connectivity index (χ4v) is 5.00. The highest BCUT2D eigenvalue weighted by molar-refractivity contribution is 4.93. The molecule has 0 rings (SSSR count). The molecule has 0 aliphatic carbocycles. The molecule has 0 bridgehead atoms. The minimum Gasteiger partial charge on any atom is -0.381 e. The van der Waals surface area contributed by atoms with Crippen LogP contribution >= 0.6 is 0 Å².